The SMILES string of the molecule is COc1ccc2c(c1)sc1nnc(-c3cc(N)ccc3C)n12. The van der Waals surface area contributed by atoms with E-state index in [1.807, 2.05) is 43.3 Å². The van der Waals surface area contributed by atoms with Crippen molar-refractivity contribution in [2.24, 2.45) is 0 Å². The van der Waals surface area contributed by atoms with Gasteiger partial charge in [-0.05, 0) is 42.8 Å². The number of methoxy groups -OCH3 is 1. The highest BCUT2D eigenvalue weighted by atomic mass is 32.1. The van der Waals surface area contributed by atoms with Gasteiger partial charge in [0.25, 0.3) is 0 Å². The Kier molecular flexibility index (Phi) is 2.80. The van der Waals surface area contributed by atoms with E-state index in [0.717, 1.165) is 43.6 Å². The molecule has 0 saturated carbocycles. The van der Waals surface area contributed by atoms with Crippen LogP contribution >= 0.6 is 11.3 Å². The molecule has 0 fully saturated rings. The van der Waals surface area contributed by atoms with Crippen LogP contribution in [0.5, 0.6) is 5.75 Å². The highest BCUT2D eigenvalue weighted by Gasteiger charge is 2.16. The molecule has 22 heavy (non-hydrogen) atoms. The summed E-state index contributed by atoms with van der Waals surface area (Å²) in [6, 6.07) is 11.8. The van der Waals surface area contributed by atoms with Crippen LogP contribution in [0, 0.1) is 6.92 Å². The van der Waals surface area contributed by atoms with Crippen molar-refractivity contribution < 1.29 is 4.74 Å². The highest BCUT2D eigenvalue weighted by Crippen LogP contribution is 2.33. The Balaban J connectivity index is 2.04. The first-order valence-electron chi connectivity index (χ1n) is 6.85. The average Bonchev–Trinajstić information content (AvgIpc) is 3.07. The molecule has 2 aromatic heterocycles. The Morgan fingerprint density at radius 2 is 2.00 bits per heavy atom. The van der Waals surface area contributed by atoms with Gasteiger partial charge in [-0.1, -0.05) is 17.4 Å². The Hall–Kier alpha value is -2.60. The molecule has 0 bridgehead atoms. The van der Waals surface area contributed by atoms with Crippen molar-refractivity contribution in [1.29, 1.82) is 0 Å². The molecule has 0 unspecified atom stereocenters. The number of anilines is 1. The molecule has 0 spiro atoms. The lowest BCUT2D eigenvalue weighted by atomic mass is 10.1. The van der Waals surface area contributed by atoms with Gasteiger partial charge in [0, 0.05) is 11.3 Å². The number of hydrogen-bond acceptors (Lipinski definition) is 5. The zero-order chi connectivity index (χ0) is 15.3. The molecule has 2 heterocycles. The van der Waals surface area contributed by atoms with Crippen molar-refractivity contribution in [3.63, 3.8) is 0 Å². The quantitative estimate of drug-likeness (QED) is 0.575. The summed E-state index contributed by atoms with van der Waals surface area (Å²) in [7, 11) is 1.67. The van der Waals surface area contributed by atoms with E-state index in [2.05, 4.69) is 14.6 Å². The smallest absolute Gasteiger partial charge is 0.217 e. The van der Waals surface area contributed by atoms with Gasteiger partial charge < -0.3 is 10.5 Å². The Labute approximate surface area is 131 Å². The molecule has 0 aliphatic rings. The van der Waals surface area contributed by atoms with Crippen LogP contribution in [0.1, 0.15) is 5.56 Å². The fraction of sp³-hybridized carbons (Fsp3) is 0.125. The van der Waals surface area contributed by atoms with Gasteiger partial charge in [-0.15, -0.1) is 10.2 Å². The minimum absolute atomic E-state index is 0.721. The lowest BCUT2D eigenvalue weighted by Crippen LogP contribution is -1.93. The second-order valence-electron chi connectivity index (χ2n) is 5.15. The average molecular weight is 310 g/mol. The molecule has 5 nitrogen and oxygen atoms in total. The van der Waals surface area contributed by atoms with Crippen molar-refractivity contribution >= 4 is 32.2 Å². The summed E-state index contributed by atoms with van der Waals surface area (Å²) in [5.74, 6) is 1.66. The fourth-order valence-corrected chi connectivity index (χ4v) is 3.59. The molecule has 110 valence electrons. The van der Waals surface area contributed by atoms with Crippen molar-refractivity contribution in [2.75, 3.05) is 12.8 Å². The van der Waals surface area contributed by atoms with Crippen LogP contribution in [-0.4, -0.2) is 21.7 Å². The van der Waals surface area contributed by atoms with E-state index in [-0.39, 0.29) is 0 Å². The number of thiazole rings is 1. The molecule has 6 heteroatoms. The third-order valence-corrected chi connectivity index (χ3v) is 4.74. The Morgan fingerprint density at radius 1 is 1.14 bits per heavy atom. The van der Waals surface area contributed by atoms with E-state index in [4.69, 9.17) is 10.5 Å². The lowest BCUT2D eigenvalue weighted by Gasteiger charge is -2.05. The normalized spacial score (nSPS) is 11.4. The Bertz CT molecular complexity index is 1000. The molecule has 4 aromatic rings. The maximum absolute atomic E-state index is 5.93. The largest absolute Gasteiger partial charge is 0.497 e. The Morgan fingerprint density at radius 3 is 2.82 bits per heavy atom. The molecule has 0 amide bonds. The third kappa shape index (κ3) is 1.84. The summed E-state index contributed by atoms with van der Waals surface area (Å²) in [4.78, 5) is 0.861. The van der Waals surface area contributed by atoms with Crippen molar-refractivity contribution in [1.82, 2.24) is 14.6 Å². The molecule has 2 aromatic carbocycles. The first-order chi connectivity index (χ1) is 10.7. The minimum atomic E-state index is 0.721. The van der Waals surface area contributed by atoms with Gasteiger partial charge in [0.2, 0.25) is 4.96 Å². The molecule has 0 aliphatic carbocycles. The summed E-state index contributed by atoms with van der Waals surface area (Å²) in [6.45, 7) is 2.05. The number of aromatic nitrogens is 3. The van der Waals surface area contributed by atoms with E-state index in [1.165, 1.54) is 0 Å². The zero-order valence-corrected chi connectivity index (χ0v) is 13.0. The summed E-state index contributed by atoms with van der Waals surface area (Å²) >= 11 is 1.59. The molecular weight excluding hydrogens is 296 g/mol. The first kappa shape index (κ1) is 13.1. The van der Waals surface area contributed by atoms with Gasteiger partial charge in [-0.2, -0.15) is 0 Å². The molecule has 0 saturated heterocycles. The number of aryl methyl sites for hydroxylation is 1. The molecule has 0 atom stereocenters. The predicted octanol–water partition coefficient (Wildman–Crippen LogP) is 3.51. The number of hydrogen-bond donors (Lipinski definition) is 1. The zero-order valence-electron chi connectivity index (χ0n) is 12.2. The van der Waals surface area contributed by atoms with Crippen LogP contribution in [-0.2, 0) is 0 Å². The van der Waals surface area contributed by atoms with E-state index >= 15 is 0 Å². The maximum Gasteiger partial charge on any atom is 0.217 e. The number of benzene rings is 2. The van der Waals surface area contributed by atoms with Gasteiger partial charge in [0.1, 0.15) is 5.75 Å². The number of nitrogens with two attached hydrogens (primary N) is 1. The third-order valence-electron chi connectivity index (χ3n) is 3.75. The predicted molar refractivity (Wildman–Crippen MR) is 89.5 cm³/mol. The second-order valence-corrected chi connectivity index (χ2v) is 6.16. The van der Waals surface area contributed by atoms with Crippen molar-refractivity contribution in [2.45, 2.75) is 6.92 Å². The lowest BCUT2D eigenvalue weighted by molar-refractivity contribution is 0.415. The van der Waals surface area contributed by atoms with Crippen LogP contribution in [0.15, 0.2) is 36.4 Å². The standard InChI is InChI=1S/C16H14N4OS/c1-9-3-4-10(17)7-12(9)15-18-19-16-20(15)13-6-5-11(21-2)8-14(13)22-16/h3-8H,17H2,1-2H3. The molecule has 0 aliphatic heterocycles. The fourth-order valence-electron chi connectivity index (χ4n) is 2.59. The number of nitrogen functional groups attached to an aromatic ring is 1. The molecule has 4 rings (SSSR count). The summed E-state index contributed by atoms with van der Waals surface area (Å²) in [5.41, 5.74) is 9.85. The number of fused-ring (bicyclic) bond motifs is 3. The van der Waals surface area contributed by atoms with Gasteiger partial charge in [0.15, 0.2) is 5.82 Å². The van der Waals surface area contributed by atoms with Gasteiger partial charge in [0.05, 0.1) is 17.3 Å². The van der Waals surface area contributed by atoms with E-state index in [1.54, 1.807) is 18.4 Å². The summed E-state index contributed by atoms with van der Waals surface area (Å²) in [5, 5.41) is 8.67. The van der Waals surface area contributed by atoms with Gasteiger partial charge in [-0.3, -0.25) is 4.40 Å². The summed E-state index contributed by atoms with van der Waals surface area (Å²) in [6.07, 6.45) is 0. The summed E-state index contributed by atoms with van der Waals surface area (Å²) < 4.78 is 8.48. The monoisotopic (exact) mass is 310 g/mol. The second kappa shape index (κ2) is 4.71. The van der Waals surface area contributed by atoms with E-state index in [9.17, 15) is 0 Å². The van der Waals surface area contributed by atoms with Gasteiger partial charge in [-0.25, -0.2) is 0 Å². The maximum atomic E-state index is 5.93. The number of ether oxygens (including phenoxy) is 1. The van der Waals surface area contributed by atoms with Crippen LogP contribution in [0.25, 0.3) is 26.6 Å². The molecule has 2 N–H and O–H groups in total. The molecular formula is C16H14N4OS. The van der Waals surface area contributed by atoms with Crippen LogP contribution in [0.2, 0.25) is 0 Å². The van der Waals surface area contributed by atoms with Crippen LogP contribution in [0.3, 0.4) is 0 Å². The van der Waals surface area contributed by atoms with E-state index in [0.29, 0.717) is 0 Å². The van der Waals surface area contributed by atoms with Gasteiger partial charge >= 0.3 is 0 Å². The van der Waals surface area contributed by atoms with Crippen molar-refractivity contribution in [3.05, 3.63) is 42.0 Å². The topological polar surface area (TPSA) is 65.4 Å². The first-order valence-corrected chi connectivity index (χ1v) is 7.67. The van der Waals surface area contributed by atoms with E-state index < -0.39 is 0 Å². The minimum Gasteiger partial charge on any atom is -0.497 e. The number of nitrogens with zero attached hydrogens (tertiary/aromatic N) is 3. The van der Waals surface area contributed by atoms with Crippen LogP contribution in [0.4, 0.5) is 5.69 Å². The highest BCUT2D eigenvalue weighted by molar-refractivity contribution is 7.23. The van der Waals surface area contributed by atoms with Crippen LogP contribution < -0.4 is 10.5 Å². The molecule has 0 radical (unpaired) electrons. The number of rotatable bonds is 2. The van der Waals surface area contributed by atoms with Crippen molar-refractivity contribution in [3.8, 4) is 17.1 Å².